The molecule has 4 nitrogen and oxygen atoms in total. The molecule has 3 heterocycles. The Morgan fingerprint density at radius 2 is 1.84 bits per heavy atom. The van der Waals surface area contributed by atoms with Crippen molar-refractivity contribution in [2.75, 3.05) is 19.8 Å². The molecule has 1 saturated heterocycles. The first-order valence-electron chi connectivity index (χ1n) is 8.58. The van der Waals surface area contributed by atoms with E-state index in [-0.39, 0.29) is 0 Å². The van der Waals surface area contributed by atoms with E-state index >= 15 is 0 Å². The smallest absolute Gasteiger partial charge is 0.381 e. The van der Waals surface area contributed by atoms with Crippen molar-refractivity contribution in [1.82, 2.24) is 15.1 Å². The predicted molar refractivity (Wildman–Crippen MR) is 87.0 cm³/mol. The maximum absolute atomic E-state index is 12.8. The lowest BCUT2D eigenvalue weighted by Crippen LogP contribution is -2.42. The van der Waals surface area contributed by atoms with Crippen LogP contribution in [0, 0.1) is 0 Å². The van der Waals surface area contributed by atoms with E-state index in [0.717, 1.165) is 80.2 Å². The van der Waals surface area contributed by atoms with Gasteiger partial charge in [0.25, 0.3) is 0 Å². The molecule has 0 bridgehead atoms. The second kappa shape index (κ2) is 6.46. The standard InChI is InChI=1S/C18H20F3N3O/c19-18(20,21)13-3-1-12(2-4-13)17-15-11-24(8-5-16(15)22-23-17)14-6-9-25-10-7-14/h1-4,14H,5-11H2,(H,22,23). The van der Waals surface area contributed by atoms with Crippen molar-refractivity contribution in [3.05, 3.63) is 41.1 Å². The lowest BCUT2D eigenvalue weighted by molar-refractivity contribution is -0.137. The monoisotopic (exact) mass is 351 g/mol. The normalized spacial score (nSPS) is 19.8. The van der Waals surface area contributed by atoms with Gasteiger partial charge >= 0.3 is 6.18 Å². The van der Waals surface area contributed by atoms with E-state index in [0.29, 0.717) is 6.04 Å². The van der Waals surface area contributed by atoms with Gasteiger partial charge in [-0.05, 0) is 25.0 Å². The van der Waals surface area contributed by atoms with Crippen molar-refractivity contribution in [3.8, 4) is 11.3 Å². The number of alkyl halides is 3. The fourth-order valence-electron chi connectivity index (χ4n) is 3.73. The zero-order valence-corrected chi connectivity index (χ0v) is 13.8. The second-order valence-corrected chi connectivity index (χ2v) is 6.67. The van der Waals surface area contributed by atoms with Crippen LogP contribution in [0.25, 0.3) is 11.3 Å². The molecule has 1 fully saturated rings. The number of rotatable bonds is 2. The molecule has 1 aromatic heterocycles. The second-order valence-electron chi connectivity index (χ2n) is 6.67. The van der Waals surface area contributed by atoms with E-state index in [1.54, 1.807) is 0 Å². The molecule has 0 atom stereocenters. The highest BCUT2D eigenvalue weighted by molar-refractivity contribution is 5.64. The molecule has 134 valence electrons. The number of H-pyrrole nitrogens is 1. The van der Waals surface area contributed by atoms with Gasteiger partial charge < -0.3 is 4.74 Å². The van der Waals surface area contributed by atoms with Crippen LogP contribution in [-0.4, -0.2) is 40.9 Å². The number of ether oxygens (including phenoxy) is 1. The fourth-order valence-corrected chi connectivity index (χ4v) is 3.73. The number of halogens is 3. The van der Waals surface area contributed by atoms with E-state index in [9.17, 15) is 13.2 Å². The van der Waals surface area contributed by atoms with Crippen LogP contribution in [0.4, 0.5) is 13.2 Å². The Morgan fingerprint density at radius 1 is 1.12 bits per heavy atom. The number of nitrogens with zero attached hydrogens (tertiary/aromatic N) is 2. The highest BCUT2D eigenvalue weighted by atomic mass is 19.4. The molecule has 2 aromatic rings. The Balaban J connectivity index is 1.58. The molecular formula is C18H20F3N3O. The molecule has 1 aromatic carbocycles. The van der Waals surface area contributed by atoms with Crippen LogP contribution in [0.3, 0.4) is 0 Å². The minimum atomic E-state index is -4.32. The summed E-state index contributed by atoms with van der Waals surface area (Å²) in [6.07, 6.45) is -1.37. The van der Waals surface area contributed by atoms with E-state index in [2.05, 4.69) is 15.1 Å². The van der Waals surface area contributed by atoms with Gasteiger partial charge in [0.15, 0.2) is 0 Å². The summed E-state index contributed by atoms with van der Waals surface area (Å²) in [4.78, 5) is 2.45. The number of hydrogen-bond donors (Lipinski definition) is 1. The predicted octanol–water partition coefficient (Wildman–Crippen LogP) is 3.63. The molecule has 25 heavy (non-hydrogen) atoms. The van der Waals surface area contributed by atoms with Crippen molar-refractivity contribution in [2.45, 2.75) is 38.0 Å². The molecule has 0 saturated carbocycles. The van der Waals surface area contributed by atoms with Crippen molar-refractivity contribution in [2.24, 2.45) is 0 Å². The third-order valence-corrected chi connectivity index (χ3v) is 5.16. The molecule has 0 unspecified atom stereocenters. The summed E-state index contributed by atoms with van der Waals surface area (Å²) in [5, 5.41) is 7.45. The van der Waals surface area contributed by atoms with Crippen molar-refractivity contribution < 1.29 is 17.9 Å². The fraction of sp³-hybridized carbons (Fsp3) is 0.500. The highest BCUT2D eigenvalue weighted by Gasteiger charge is 2.31. The summed E-state index contributed by atoms with van der Waals surface area (Å²) in [5.74, 6) is 0. The van der Waals surface area contributed by atoms with Gasteiger partial charge in [0.2, 0.25) is 0 Å². The largest absolute Gasteiger partial charge is 0.416 e. The van der Waals surface area contributed by atoms with E-state index in [4.69, 9.17) is 4.74 Å². The van der Waals surface area contributed by atoms with Crippen molar-refractivity contribution in [1.29, 1.82) is 0 Å². The van der Waals surface area contributed by atoms with Crippen LogP contribution >= 0.6 is 0 Å². The summed E-state index contributed by atoms with van der Waals surface area (Å²) >= 11 is 0. The number of aromatic amines is 1. The lowest BCUT2D eigenvalue weighted by Gasteiger charge is -2.36. The van der Waals surface area contributed by atoms with Crippen LogP contribution in [0.15, 0.2) is 24.3 Å². The first-order chi connectivity index (χ1) is 12.0. The van der Waals surface area contributed by atoms with Crippen molar-refractivity contribution in [3.63, 3.8) is 0 Å². The summed E-state index contributed by atoms with van der Waals surface area (Å²) in [7, 11) is 0. The molecule has 0 amide bonds. The van der Waals surface area contributed by atoms with Gasteiger partial charge in [-0.2, -0.15) is 18.3 Å². The Hall–Kier alpha value is -1.86. The third kappa shape index (κ3) is 3.30. The van der Waals surface area contributed by atoms with Gasteiger partial charge in [0, 0.05) is 55.6 Å². The number of nitrogens with one attached hydrogen (secondary N) is 1. The van der Waals surface area contributed by atoms with Crippen LogP contribution < -0.4 is 0 Å². The number of fused-ring (bicyclic) bond motifs is 1. The molecule has 2 aliphatic heterocycles. The minimum Gasteiger partial charge on any atom is -0.381 e. The quantitative estimate of drug-likeness (QED) is 0.898. The lowest BCUT2D eigenvalue weighted by atomic mass is 9.97. The Bertz CT molecular complexity index is 733. The van der Waals surface area contributed by atoms with Crippen LogP contribution in [0.1, 0.15) is 29.7 Å². The molecule has 1 N–H and O–H groups in total. The first kappa shape index (κ1) is 16.6. The van der Waals surface area contributed by atoms with Gasteiger partial charge in [-0.15, -0.1) is 0 Å². The van der Waals surface area contributed by atoms with Crippen LogP contribution in [0.2, 0.25) is 0 Å². The van der Waals surface area contributed by atoms with Crippen LogP contribution in [0.5, 0.6) is 0 Å². The van der Waals surface area contributed by atoms with Gasteiger partial charge in [-0.3, -0.25) is 10.00 Å². The molecule has 4 rings (SSSR count). The summed E-state index contributed by atoms with van der Waals surface area (Å²) in [5.41, 5.74) is 3.06. The van der Waals surface area contributed by atoms with Gasteiger partial charge in [-0.25, -0.2) is 0 Å². The average Bonchev–Trinajstić information content (AvgIpc) is 3.05. The number of benzene rings is 1. The van der Waals surface area contributed by atoms with Gasteiger partial charge in [0.05, 0.1) is 11.3 Å². The maximum Gasteiger partial charge on any atom is 0.416 e. The molecular weight excluding hydrogens is 331 g/mol. The molecule has 0 aliphatic carbocycles. The first-order valence-corrected chi connectivity index (χ1v) is 8.58. The minimum absolute atomic E-state index is 0.511. The maximum atomic E-state index is 12.8. The summed E-state index contributed by atoms with van der Waals surface area (Å²) in [6.45, 7) is 3.36. The van der Waals surface area contributed by atoms with Gasteiger partial charge in [-0.1, -0.05) is 12.1 Å². The Kier molecular flexibility index (Phi) is 4.29. The topological polar surface area (TPSA) is 41.2 Å². The molecule has 2 aliphatic rings. The Morgan fingerprint density at radius 3 is 2.52 bits per heavy atom. The van der Waals surface area contributed by atoms with Gasteiger partial charge in [0.1, 0.15) is 0 Å². The number of aromatic nitrogens is 2. The van der Waals surface area contributed by atoms with Crippen LogP contribution in [-0.2, 0) is 23.9 Å². The summed E-state index contributed by atoms with van der Waals surface area (Å²) < 4.78 is 43.7. The zero-order valence-electron chi connectivity index (χ0n) is 13.8. The zero-order chi connectivity index (χ0) is 17.4. The number of hydrogen-bond acceptors (Lipinski definition) is 3. The Labute approximate surface area is 144 Å². The van der Waals surface area contributed by atoms with E-state index < -0.39 is 11.7 Å². The molecule has 0 radical (unpaired) electrons. The highest BCUT2D eigenvalue weighted by Crippen LogP contribution is 2.33. The third-order valence-electron chi connectivity index (χ3n) is 5.16. The molecule has 0 spiro atoms. The SMILES string of the molecule is FC(F)(F)c1ccc(-c2n[nH]c3c2CN(C2CCOCC2)CC3)cc1. The van der Waals surface area contributed by atoms with E-state index in [1.165, 1.54) is 12.1 Å². The van der Waals surface area contributed by atoms with Crippen molar-refractivity contribution >= 4 is 0 Å². The summed E-state index contributed by atoms with van der Waals surface area (Å²) in [6, 6.07) is 5.77. The molecule has 7 heteroatoms. The van der Waals surface area contributed by atoms with E-state index in [1.807, 2.05) is 0 Å². The average molecular weight is 351 g/mol.